The van der Waals surface area contributed by atoms with Gasteiger partial charge in [-0.1, -0.05) is 11.6 Å². The molecule has 8 heteroatoms. The van der Waals surface area contributed by atoms with Gasteiger partial charge in [0, 0.05) is 5.02 Å². The molecule has 0 fully saturated rings. The molecule has 0 amide bonds. The van der Waals surface area contributed by atoms with Gasteiger partial charge in [-0.05, 0) is 61.4 Å². The van der Waals surface area contributed by atoms with Crippen LogP contribution in [0, 0.1) is 13.8 Å². The Kier molecular flexibility index (Phi) is 4.36. The van der Waals surface area contributed by atoms with Crippen molar-refractivity contribution in [1.82, 2.24) is 0 Å². The second-order valence-corrected chi connectivity index (χ2v) is 8.77. The predicted molar refractivity (Wildman–Crippen MR) is 84.2 cm³/mol. The molecule has 0 aromatic heterocycles. The van der Waals surface area contributed by atoms with Crippen molar-refractivity contribution in [3.05, 3.63) is 52.5 Å². The maximum Gasteiger partial charge on any atom is 0.238 e. The molecule has 0 aliphatic heterocycles. The van der Waals surface area contributed by atoms with Gasteiger partial charge in [0.1, 0.15) is 0 Å². The summed E-state index contributed by atoms with van der Waals surface area (Å²) in [7, 11) is -7.88. The quantitative estimate of drug-likeness (QED) is 0.910. The number of hydrogen-bond donors (Lipinski definition) is 1. The standard InChI is InChI=1S/C14H14ClNO4S2/c1-9-7-13(10(2)14(8-9)22(16,19)20)21(17,18)12-5-3-11(15)4-6-12/h3-8H,1-2H3,(H2,16,19,20). The second kappa shape index (κ2) is 5.66. The van der Waals surface area contributed by atoms with E-state index in [-0.39, 0.29) is 20.2 Å². The van der Waals surface area contributed by atoms with E-state index in [4.69, 9.17) is 16.7 Å². The molecule has 0 radical (unpaired) electrons. The number of rotatable bonds is 3. The van der Waals surface area contributed by atoms with E-state index in [1.54, 1.807) is 6.92 Å². The highest BCUT2D eigenvalue weighted by atomic mass is 35.5. The molecule has 2 aromatic rings. The first-order valence-electron chi connectivity index (χ1n) is 6.18. The van der Waals surface area contributed by atoms with Gasteiger partial charge in [-0.15, -0.1) is 0 Å². The fraction of sp³-hybridized carbons (Fsp3) is 0.143. The van der Waals surface area contributed by atoms with E-state index < -0.39 is 19.9 Å². The van der Waals surface area contributed by atoms with Crippen molar-refractivity contribution < 1.29 is 16.8 Å². The molecule has 0 saturated carbocycles. The molecule has 0 aliphatic rings. The van der Waals surface area contributed by atoms with Gasteiger partial charge in [0.25, 0.3) is 0 Å². The van der Waals surface area contributed by atoms with Gasteiger partial charge in [0.2, 0.25) is 19.9 Å². The molecule has 0 bridgehead atoms. The van der Waals surface area contributed by atoms with Crippen LogP contribution in [-0.2, 0) is 19.9 Å². The maximum atomic E-state index is 12.7. The lowest BCUT2D eigenvalue weighted by Gasteiger charge is -2.12. The largest absolute Gasteiger partial charge is 0.238 e. The average molecular weight is 360 g/mol. The summed E-state index contributed by atoms with van der Waals surface area (Å²) in [6.07, 6.45) is 0. The third kappa shape index (κ3) is 3.17. The van der Waals surface area contributed by atoms with Crippen LogP contribution in [0.25, 0.3) is 0 Å². The summed E-state index contributed by atoms with van der Waals surface area (Å²) in [5.74, 6) is 0. The number of primary sulfonamides is 1. The van der Waals surface area contributed by atoms with E-state index in [9.17, 15) is 16.8 Å². The molecule has 22 heavy (non-hydrogen) atoms. The Bertz CT molecular complexity index is 934. The molecule has 0 heterocycles. The fourth-order valence-corrected chi connectivity index (χ4v) is 4.79. The Labute approximate surface area is 134 Å². The van der Waals surface area contributed by atoms with Crippen molar-refractivity contribution in [2.75, 3.05) is 0 Å². The molecule has 2 rings (SSSR count). The Morgan fingerprint density at radius 3 is 1.91 bits per heavy atom. The van der Waals surface area contributed by atoms with E-state index >= 15 is 0 Å². The summed E-state index contributed by atoms with van der Waals surface area (Å²) >= 11 is 5.76. The van der Waals surface area contributed by atoms with Gasteiger partial charge < -0.3 is 0 Å². The van der Waals surface area contributed by atoms with Gasteiger partial charge in [0.15, 0.2) is 0 Å². The smallest absolute Gasteiger partial charge is 0.225 e. The van der Waals surface area contributed by atoms with Crippen LogP contribution in [0.15, 0.2) is 51.1 Å². The van der Waals surface area contributed by atoms with Gasteiger partial charge in [-0.3, -0.25) is 0 Å². The van der Waals surface area contributed by atoms with Crippen molar-refractivity contribution in [1.29, 1.82) is 0 Å². The second-order valence-electron chi connectivity index (χ2n) is 4.89. The summed E-state index contributed by atoms with van der Waals surface area (Å²) in [6, 6.07) is 8.44. The number of hydrogen-bond acceptors (Lipinski definition) is 4. The SMILES string of the molecule is Cc1cc(S(N)(=O)=O)c(C)c(S(=O)(=O)c2ccc(Cl)cc2)c1. The topological polar surface area (TPSA) is 94.3 Å². The zero-order chi connectivity index (χ0) is 16.7. The minimum absolute atomic E-state index is 0.0333. The van der Waals surface area contributed by atoms with Gasteiger partial charge in [0.05, 0.1) is 14.7 Å². The Morgan fingerprint density at radius 2 is 1.41 bits per heavy atom. The zero-order valence-corrected chi connectivity index (χ0v) is 14.3. The minimum Gasteiger partial charge on any atom is -0.225 e. The number of sulfonamides is 1. The maximum absolute atomic E-state index is 12.7. The Balaban J connectivity index is 2.77. The van der Waals surface area contributed by atoms with Crippen molar-refractivity contribution >= 4 is 31.5 Å². The first-order valence-corrected chi connectivity index (χ1v) is 9.59. The van der Waals surface area contributed by atoms with E-state index in [2.05, 4.69) is 0 Å². The van der Waals surface area contributed by atoms with E-state index in [1.807, 2.05) is 0 Å². The van der Waals surface area contributed by atoms with Crippen LogP contribution in [0.2, 0.25) is 5.02 Å². The molecule has 5 nitrogen and oxygen atoms in total. The van der Waals surface area contributed by atoms with Crippen molar-refractivity contribution in [3.63, 3.8) is 0 Å². The van der Waals surface area contributed by atoms with Crippen molar-refractivity contribution in [3.8, 4) is 0 Å². The van der Waals surface area contributed by atoms with Crippen LogP contribution in [0.1, 0.15) is 11.1 Å². The molecule has 0 unspecified atom stereocenters. The molecule has 0 spiro atoms. The van der Waals surface area contributed by atoms with Gasteiger partial charge in [-0.25, -0.2) is 22.0 Å². The number of nitrogens with two attached hydrogens (primary N) is 1. The molecule has 0 atom stereocenters. The zero-order valence-electron chi connectivity index (χ0n) is 11.9. The monoisotopic (exact) mass is 359 g/mol. The Morgan fingerprint density at radius 1 is 0.909 bits per heavy atom. The molecule has 2 N–H and O–H groups in total. The summed E-state index contributed by atoms with van der Waals surface area (Å²) in [5.41, 5.74) is 0.588. The highest BCUT2D eigenvalue weighted by Gasteiger charge is 2.24. The summed E-state index contributed by atoms with van der Waals surface area (Å²) in [4.78, 5) is -0.246. The van der Waals surface area contributed by atoms with Gasteiger partial charge >= 0.3 is 0 Å². The first-order chi connectivity index (χ1) is 10.0. The lowest BCUT2D eigenvalue weighted by atomic mass is 10.2. The van der Waals surface area contributed by atoms with Crippen LogP contribution in [0.5, 0.6) is 0 Å². The van der Waals surface area contributed by atoms with Crippen LogP contribution >= 0.6 is 11.6 Å². The third-order valence-corrected chi connectivity index (χ3v) is 6.36. The summed E-state index contributed by atoms with van der Waals surface area (Å²) in [6.45, 7) is 3.02. The molecule has 2 aromatic carbocycles. The Hall–Kier alpha value is -1.41. The third-order valence-electron chi connectivity index (χ3n) is 3.18. The molecular weight excluding hydrogens is 346 g/mol. The minimum atomic E-state index is -4.01. The molecule has 0 aliphatic carbocycles. The lowest BCUT2D eigenvalue weighted by molar-refractivity contribution is 0.593. The predicted octanol–water partition coefficient (Wildman–Crippen LogP) is 2.44. The first kappa shape index (κ1) is 17.0. The highest BCUT2D eigenvalue weighted by molar-refractivity contribution is 7.91. The van der Waals surface area contributed by atoms with Crippen LogP contribution < -0.4 is 5.14 Å². The normalized spacial score (nSPS) is 12.4. The summed E-state index contributed by atoms with van der Waals surface area (Å²) < 4.78 is 48.7. The number of sulfone groups is 1. The van der Waals surface area contributed by atoms with Crippen LogP contribution in [0.4, 0.5) is 0 Å². The van der Waals surface area contributed by atoms with Crippen LogP contribution in [-0.4, -0.2) is 16.8 Å². The van der Waals surface area contributed by atoms with Crippen molar-refractivity contribution in [2.24, 2.45) is 5.14 Å². The molecule has 118 valence electrons. The molecule has 0 saturated heterocycles. The number of benzene rings is 2. The highest BCUT2D eigenvalue weighted by Crippen LogP contribution is 2.29. The fourth-order valence-electron chi connectivity index (χ4n) is 2.11. The van der Waals surface area contributed by atoms with Crippen molar-refractivity contribution in [2.45, 2.75) is 28.5 Å². The van der Waals surface area contributed by atoms with E-state index in [0.29, 0.717) is 10.6 Å². The lowest BCUT2D eigenvalue weighted by Crippen LogP contribution is -2.16. The molecular formula is C14H14ClNO4S2. The number of halogens is 1. The number of aryl methyl sites for hydroxylation is 1. The van der Waals surface area contributed by atoms with Crippen LogP contribution in [0.3, 0.4) is 0 Å². The van der Waals surface area contributed by atoms with E-state index in [0.717, 1.165) is 0 Å². The average Bonchev–Trinajstić information content (AvgIpc) is 2.40. The van der Waals surface area contributed by atoms with Gasteiger partial charge in [-0.2, -0.15) is 0 Å². The van der Waals surface area contributed by atoms with E-state index in [1.165, 1.54) is 43.3 Å². The summed E-state index contributed by atoms with van der Waals surface area (Å²) in [5, 5.41) is 5.56.